The lowest BCUT2D eigenvalue weighted by molar-refractivity contribution is 0.315. The fraction of sp³-hybridized carbons (Fsp3) is 0.588. The normalized spacial score (nSPS) is 28.6. The van der Waals surface area contributed by atoms with Crippen molar-refractivity contribution in [1.29, 1.82) is 5.26 Å². The minimum atomic E-state index is -3.35. The summed E-state index contributed by atoms with van der Waals surface area (Å²) in [4.78, 5) is 13.8. The summed E-state index contributed by atoms with van der Waals surface area (Å²) in [5.74, 6) is 0.730. The number of fused-ring (bicyclic) bond motifs is 1. The highest BCUT2D eigenvalue weighted by atomic mass is 32.2. The van der Waals surface area contributed by atoms with Crippen molar-refractivity contribution in [3.8, 4) is 6.07 Å². The highest BCUT2D eigenvalue weighted by molar-refractivity contribution is 7.90. The molecule has 0 amide bonds. The molecule has 0 aliphatic heterocycles. The Morgan fingerprint density at radius 2 is 2.12 bits per heavy atom. The van der Waals surface area contributed by atoms with Crippen LogP contribution in [0.1, 0.15) is 32.1 Å². The van der Waals surface area contributed by atoms with Crippen LogP contribution in [0.2, 0.25) is 0 Å². The van der Waals surface area contributed by atoms with Crippen molar-refractivity contribution in [2.45, 2.75) is 49.4 Å². The Hall–Kier alpha value is -2.18. The molecule has 2 fully saturated rings. The smallest absolute Gasteiger partial charge is 0.214 e. The van der Waals surface area contributed by atoms with E-state index >= 15 is 0 Å². The van der Waals surface area contributed by atoms with Crippen molar-refractivity contribution in [2.75, 3.05) is 11.9 Å². The number of rotatable bonds is 5. The number of aromatic nitrogens is 3. The average molecular weight is 374 g/mol. The maximum absolute atomic E-state index is 12.5. The van der Waals surface area contributed by atoms with E-state index in [-0.39, 0.29) is 18.0 Å². The van der Waals surface area contributed by atoms with E-state index in [4.69, 9.17) is 5.26 Å². The molecule has 26 heavy (non-hydrogen) atoms. The second-order valence-electron chi connectivity index (χ2n) is 7.29. The first-order valence-electron chi connectivity index (χ1n) is 8.89. The number of sulfonamides is 1. The second kappa shape index (κ2) is 6.52. The van der Waals surface area contributed by atoms with Gasteiger partial charge in [-0.3, -0.25) is 0 Å². The summed E-state index contributed by atoms with van der Waals surface area (Å²) in [6.07, 6.45) is 6.59. The fourth-order valence-corrected chi connectivity index (χ4v) is 5.76. The molecular weight excluding hydrogens is 352 g/mol. The molecule has 2 saturated carbocycles. The van der Waals surface area contributed by atoms with Gasteiger partial charge in [-0.2, -0.15) is 5.26 Å². The highest BCUT2D eigenvalue weighted by Crippen LogP contribution is 2.34. The van der Waals surface area contributed by atoms with Gasteiger partial charge in [0.25, 0.3) is 0 Å². The first-order valence-corrected chi connectivity index (χ1v) is 10.4. The fourth-order valence-electron chi connectivity index (χ4n) is 3.98. The van der Waals surface area contributed by atoms with E-state index < -0.39 is 15.3 Å². The van der Waals surface area contributed by atoms with Gasteiger partial charge in [0.2, 0.25) is 10.0 Å². The molecule has 2 aromatic rings. The van der Waals surface area contributed by atoms with Crippen LogP contribution in [0.3, 0.4) is 0 Å². The predicted octanol–water partition coefficient (Wildman–Crippen LogP) is 1.54. The lowest BCUT2D eigenvalue weighted by atomic mass is 9.86. The minimum Gasteiger partial charge on any atom is -0.356 e. The van der Waals surface area contributed by atoms with Crippen LogP contribution in [-0.4, -0.2) is 47.8 Å². The van der Waals surface area contributed by atoms with Gasteiger partial charge in [0.15, 0.2) is 0 Å². The third-order valence-electron chi connectivity index (χ3n) is 5.66. The van der Waals surface area contributed by atoms with Crippen LogP contribution >= 0.6 is 0 Å². The lowest BCUT2D eigenvalue weighted by Crippen LogP contribution is -2.54. The Bertz CT molecular complexity index is 944. The summed E-state index contributed by atoms with van der Waals surface area (Å²) in [6.45, 7) is 0. The Labute approximate surface area is 152 Å². The molecule has 0 aromatic carbocycles. The van der Waals surface area contributed by atoms with Crippen LogP contribution in [0.15, 0.2) is 18.6 Å². The molecule has 0 saturated heterocycles. The number of aromatic amines is 1. The number of nitrogens with zero attached hydrogens (tertiary/aromatic N) is 4. The quantitative estimate of drug-likeness (QED) is 0.820. The zero-order chi connectivity index (χ0) is 18.3. The largest absolute Gasteiger partial charge is 0.356 e. The van der Waals surface area contributed by atoms with Gasteiger partial charge in [0, 0.05) is 31.2 Å². The molecule has 0 spiro atoms. The Balaban J connectivity index is 1.37. The standard InChI is InChI=1S/C17H22N6O2S/c1-23(17-15-4-5-19-16(15)20-10-21-17)13-7-12(8-13)22-26(24,25)14-3-2-11(6-14)9-18/h4-5,10-14,22H,2-3,6-8H2,1H3,(H,19,20,21). The van der Waals surface area contributed by atoms with E-state index in [0.29, 0.717) is 19.3 Å². The van der Waals surface area contributed by atoms with E-state index in [1.165, 1.54) is 6.33 Å². The van der Waals surface area contributed by atoms with E-state index in [0.717, 1.165) is 29.7 Å². The van der Waals surface area contributed by atoms with Crippen molar-refractivity contribution >= 4 is 26.9 Å². The Kier molecular flexibility index (Phi) is 4.32. The monoisotopic (exact) mass is 374 g/mol. The van der Waals surface area contributed by atoms with Gasteiger partial charge in [0.1, 0.15) is 17.8 Å². The van der Waals surface area contributed by atoms with Gasteiger partial charge in [-0.05, 0) is 38.2 Å². The summed E-state index contributed by atoms with van der Waals surface area (Å²) in [6, 6.07) is 4.33. The van der Waals surface area contributed by atoms with Gasteiger partial charge in [-0.15, -0.1) is 0 Å². The second-order valence-corrected chi connectivity index (χ2v) is 9.29. The molecule has 2 N–H and O–H groups in total. The molecule has 2 aliphatic carbocycles. The van der Waals surface area contributed by atoms with Gasteiger partial charge < -0.3 is 9.88 Å². The van der Waals surface area contributed by atoms with E-state index in [9.17, 15) is 8.42 Å². The van der Waals surface area contributed by atoms with Crippen LogP contribution in [-0.2, 0) is 10.0 Å². The third-order valence-corrected chi connectivity index (χ3v) is 7.63. The lowest BCUT2D eigenvalue weighted by Gasteiger charge is -2.42. The third kappa shape index (κ3) is 3.04. The number of hydrogen-bond acceptors (Lipinski definition) is 6. The van der Waals surface area contributed by atoms with Crippen molar-refractivity contribution in [3.05, 3.63) is 18.6 Å². The molecule has 2 aromatic heterocycles. The van der Waals surface area contributed by atoms with Gasteiger partial charge in [-0.25, -0.2) is 23.1 Å². The summed E-state index contributed by atoms with van der Waals surface area (Å²) in [5, 5.41) is 9.51. The molecule has 2 aliphatic rings. The molecule has 9 heteroatoms. The first-order chi connectivity index (χ1) is 12.5. The molecule has 8 nitrogen and oxygen atoms in total. The molecule has 0 radical (unpaired) electrons. The van der Waals surface area contributed by atoms with Crippen LogP contribution in [0.25, 0.3) is 11.0 Å². The maximum Gasteiger partial charge on any atom is 0.214 e. The SMILES string of the molecule is CN(c1ncnc2[nH]ccc12)C1CC(NS(=O)(=O)C2CCC(C#N)C2)C1. The first kappa shape index (κ1) is 17.2. The van der Waals surface area contributed by atoms with Gasteiger partial charge >= 0.3 is 0 Å². The molecule has 2 unspecified atom stereocenters. The predicted molar refractivity (Wildman–Crippen MR) is 97.9 cm³/mol. The number of hydrogen-bond donors (Lipinski definition) is 2. The van der Waals surface area contributed by atoms with Gasteiger partial charge in [0.05, 0.1) is 16.7 Å². The zero-order valence-corrected chi connectivity index (χ0v) is 15.4. The van der Waals surface area contributed by atoms with E-state index in [1.54, 1.807) is 0 Å². The Morgan fingerprint density at radius 3 is 2.85 bits per heavy atom. The summed E-state index contributed by atoms with van der Waals surface area (Å²) in [7, 11) is -1.37. The van der Waals surface area contributed by atoms with Crippen molar-refractivity contribution < 1.29 is 8.42 Å². The number of nitrogens with one attached hydrogen (secondary N) is 2. The van der Waals surface area contributed by atoms with Crippen LogP contribution in [0.4, 0.5) is 5.82 Å². The molecule has 2 atom stereocenters. The molecule has 2 heterocycles. The Morgan fingerprint density at radius 1 is 1.31 bits per heavy atom. The summed E-state index contributed by atoms with van der Waals surface area (Å²) >= 11 is 0. The van der Waals surface area contributed by atoms with Gasteiger partial charge in [-0.1, -0.05) is 0 Å². The average Bonchev–Trinajstić information content (AvgIpc) is 3.25. The molecule has 4 rings (SSSR count). The number of H-pyrrole nitrogens is 1. The van der Waals surface area contributed by atoms with Crippen LogP contribution in [0, 0.1) is 17.2 Å². The summed E-state index contributed by atoms with van der Waals surface area (Å²) < 4.78 is 27.9. The zero-order valence-electron chi connectivity index (χ0n) is 14.6. The topological polar surface area (TPSA) is 115 Å². The van der Waals surface area contributed by atoms with Crippen LogP contribution in [0.5, 0.6) is 0 Å². The number of anilines is 1. The van der Waals surface area contributed by atoms with Crippen molar-refractivity contribution in [1.82, 2.24) is 19.7 Å². The number of nitriles is 1. The molecular formula is C17H22N6O2S. The highest BCUT2D eigenvalue weighted by Gasteiger charge is 2.40. The van der Waals surface area contributed by atoms with E-state index in [2.05, 4.69) is 30.6 Å². The maximum atomic E-state index is 12.5. The van der Waals surface area contributed by atoms with Crippen LogP contribution < -0.4 is 9.62 Å². The van der Waals surface area contributed by atoms with E-state index in [1.807, 2.05) is 19.3 Å². The molecule has 138 valence electrons. The molecule has 0 bridgehead atoms. The minimum absolute atomic E-state index is 0.0443. The van der Waals surface area contributed by atoms with Crippen molar-refractivity contribution in [3.63, 3.8) is 0 Å². The van der Waals surface area contributed by atoms with Crippen molar-refractivity contribution in [2.24, 2.45) is 5.92 Å². The summed E-state index contributed by atoms with van der Waals surface area (Å²) in [5.41, 5.74) is 0.798.